The summed E-state index contributed by atoms with van der Waals surface area (Å²) in [5, 5.41) is 2.10. The predicted molar refractivity (Wildman–Crippen MR) is 174 cm³/mol. The Morgan fingerprint density at radius 2 is 1.15 bits per heavy atom. The maximum atomic E-state index is 15.3. The summed E-state index contributed by atoms with van der Waals surface area (Å²) in [4.78, 5) is 41.4. The molecule has 7 heterocycles. The number of H-pyrrole nitrogens is 2. The topological polar surface area (TPSA) is 109 Å². The molecule has 0 spiro atoms. The largest absolute Gasteiger partial charge is 0.454 e. The zero-order valence-corrected chi connectivity index (χ0v) is 25.6. The number of carbonyl (C=O) groups is 2. The number of aromatic nitrogens is 2. The Morgan fingerprint density at radius 1 is 0.583 bits per heavy atom. The molecule has 4 atom stereocenters. The summed E-state index contributed by atoms with van der Waals surface area (Å²) < 4.78 is 22.8. The Balaban J connectivity index is 1.12. The summed E-state index contributed by atoms with van der Waals surface area (Å²) in [7, 11) is 0. The van der Waals surface area contributed by atoms with Crippen molar-refractivity contribution in [2.75, 3.05) is 13.6 Å². The minimum absolute atomic E-state index is 0.0696. The van der Waals surface area contributed by atoms with Gasteiger partial charge in [-0.15, -0.1) is 0 Å². The van der Waals surface area contributed by atoms with Crippen molar-refractivity contribution in [3.8, 4) is 23.0 Å². The molecule has 1 fully saturated rings. The van der Waals surface area contributed by atoms with E-state index in [9.17, 15) is 0 Å². The van der Waals surface area contributed by atoms with E-state index in [2.05, 4.69) is 22.1 Å². The Kier molecular flexibility index (Phi) is 5.10. The number of aromatic amines is 2. The lowest BCUT2D eigenvalue weighted by Gasteiger charge is -2.53. The van der Waals surface area contributed by atoms with Gasteiger partial charge in [0.15, 0.2) is 23.0 Å². The molecule has 236 valence electrons. The Bertz CT molecular complexity index is 2370. The van der Waals surface area contributed by atoms with E-state index in [1.54, 1.807) is 0 Å². The summed E-state index contributed by atoms with van der Waals surface area (Å²) >= 11 is 0. The van der Waals surface area contributed by atoms with Gasteiger partial charge in [-0.1, -0.05) is 48.5 Å². The van der Waals surface area contributed by atoms with E-state index in [4.69, 9.17) is 18.9 Å². The number of hydrogen-bond donors (Lipinski definition) is 2. The molecule has 4 aromatic carbocycles. The van der Waals surface area contributed by atoms with Crippen LogP contribution in [0.15, 0.2) is 84.9 Å². The first-order chi connectivity index (χ1) is 23.6. The summed E-state index contributed by atoms with van der Waals surface area (Å²) in [5.74, 6) is 2.45. The van der Waals surface area contributed by atoms with E-state index in [1.165, 1.54) is 0 Å². The van der Waals surface area contributed by atoms with Crippen LogP contribution in [-0.2, 0) is 22.4 Å². The van der Waals surface area contributed by atoms with E-state index >= 15 is 9.59 Å². The van der Waals surface area contributed by atoms with Crippen LogP contribution >= 0.6 is 0 Å². The van der Waals surface area contributed by atoms with Crippen LogP contribution in [0, 0.1) is 0 Å². The molecule has 0 unspecified atom stereocenters. The lowest BCUT2D eigenvalue weighted by Crippen LogP contribution is -2.69. The van der Waals surface area contributed by atoms with Gasteiger partial charge in [-0.05, 0) is 53.1 Å². The van der Waals surface area contributed by atoms with Crippen molar-refractivity contribution in [3.05, 3.63) is 119 Å². The number of fused-ring (bicyclic) bond motifs is 10. The fraction of sp³-hybridized carbons (Fsp3) is 0.211. The Morgan fingerprint density at radius 3 is 1.85 bits per heavy atom. The van der Waals surface area contributed by atoms with Crippen LogP contribution in [0.2, 0.25) is 0 Å². The third-order valence-corrected chi connectivity index (χ3v) is 10.7. The molecule has 5 aliphatic rings. The lowest BCUT2D eigenvalue weighted by atomic mass is 9.80. The molecule has 1 saturated heterocycles. The van der Waals surface area contributed by atoms with Crippen molar-refractivity contribution in [2.45, 2.75) is 37.0 Å². The van der Waals surface area contributed by atoms with Crippen LogP contribution in [0.25, 0.3) is 21.8 Å². The van der Waals surface area contributed by atoms with Gasteiger partial charge in [-0.3, -0.25) is 9.59 Å². The van der Waals surface area contributed by atoms with Gasteiger partial charge in [0.1, 0.15) is 12.1 Å². The van der Waals surface area contributed by atoms with Crippen LogP contribution in [0.1, 0.15) is 45.7 Å². The van der Waals surface area contributed by atoms with E-state index in [-0.39, 0.29) is 25.4 Å². The van der Waals surface area contributed by atoms with Crippen LogP contribution in [0.3, 0.4) is 0 Å². The van der Waals surface area contributed by atoms with Crippen LogP contribution in [-0.4, -0.2) is 57.3 Å². The molecule has 5 aliphatic heterocycles. The van der Waals surface area contributed by atoms with Gasteiger partial charge in [0.05, 0.1) is 12.1 Å². The third-order valence-electron chi connectivity index (χ3n) is 10.7. The van der Waals surface area contributed by atoms with E-state index in [0.29, 0.717) is 35.8 Å². The number of hydrogen-bond acceptors (Lipinski definition) is 6. The minimum atomic E-state index is -0.716. The first-order valence-electron chi connectivity index (χ1n) is 16.2. The number of carbonyl (C=O) groups excluding carboxylic acids is 2. The molecule has 0 bridgehead atoms. The number of nitrogens with one attached hydrogen (secondary N) is 2. The molecule has 6 aromatic rings. The van der Waals surface area contributed by atoms with Crippen molar-refractivity contribution in [2.24, 2.45) is 0 Å². The second-order valence-corrected chi connectivity index (χ2v) is 13.1. The first-order valence-corrected chi connectivity index (χ1v) is 16.2. The van der Waals surface area contributed by atoms with Gasteiger partial charge in [-0.2, -0.15) is 0 Å². The summed E-state index contributed by atoms with van der Waals surface area (Å²) in [6.07, 6.45) is 0.787. The van der Waals surface area contributed by atoms with E-state index in [1.807, 2.05) is 82.6 Å². The van der Waals surface area contributed by atoms with Gasteiger partial charge in [0.2, 0.25) is 25.4 Å². The van der Waals surface area contributed by atoms with Crippen molar-refractivity contribution in [3.63, 3.8) is 0 Å². The molecule has 2 amide bonds. The van der Waals surface area contributed by atoms with Crippen LogP contribution in [0.5, 0.6) is 23.0 Å². The molecule has 0 aliphatic carbocycles. The molecule has 10 nitrogen and oxygen atoms in total. The maximum Gasteiger partial charge on any atom is 0.247 e. The molecule has 10 heteroatoms. The summed E-state index contributed by atoms with van der Waals surface area (Å²) in [6, 6.07) is 25.5. The molecule has 2 N–H and O–H groups in total. The maximum absolute atomic E-state index is 15.3. The Hall–Kier alpha value is -5.90. The van der Waals surface area contributed by atoms with Crippen LogP contribution in [0.4, 0.5) is 0 Å². The van der Waals surface area contributed by atoms with E-state index in [0.717, 1.165) is 55.4 Å². The predicted octanol–water partition coefficient (Wildman–Crippen LogP) is 5.51. The molecule has 0 saturated carbocycles. The highest BCUT2D eigenvalue weighted by atomic mass is 16.7. The summed E-state index contributed by atoms with van der Waals surface area (Å²) in [5.41, 5.74) is 7.65. The second-order valence-electron chi connectivity index (χ2n) is 13.1. The summed E-state index contributed by atoms with van der Waals surface area (Å²) in [6.45, 7) is 0.298. The smallest absolute Gasteiger partial charge is 0.247 e. The fourth-order valence-electron chi connectivity index (χ4n) is 8.73. The zero-order valence-electron chi connectivity index (χ0n) is 25.6. The molecule has 0 radical (unpaired) electrons. The molecule has 2 aromatic heterocycles. The fourth-order valence-corrected chi connectivity index (χ4v) is 8.73. The molecule has 11 rings (SSSR count). The van der Waals surface area contributed by atoms with Gasteiger partial charge < -0.3 is 38.7 Å². The normalized spacial score (nSPS) is 23.3. The second kappa shape index (κ2) is 9.34. The SMILES string of the molecule is O=C1[C@H]2Cc3[nH]c4ccccc4c3[C@H](c3ccc4c(c3)OCO4)N2C(=O)[C@H]2Cc3c([nH]c4ccccc34)[C@@H](c3ccc4c(c3)OCO4)N12. The molecular weight excluding hydrogens is 608 g/mol. The Labute approximate surface area is 273 Å². The van der Waals surface area contributed by atoms with Gasteiger partial charge in [0.25, 0.3) is 0 Å². The van der Waals surface area contributed by atoms with Crippen molar-refractivity contribution >= 4 is 33.6 Å². The first kappa shape index (κ1) is 26.2. The quantitative estimate of drug-likeness (QED) is 0.260. The highest BCUT2D eigenvalue weighted by Crippen LogP contribution is 2.51. The number of para-hydroxylation sites is 2. The number of ether oxygens (including phenoxy) is 4. The standard InChI is InChI=1S/C38H28N4O6/c43-37-27-15-23-21-5-1-3-7-24(21)40-34(23)36(20-10-12-30-32(14-20)48-18-46-30)42(27)38(44)28-16-26-33(22-6-2-4-8-25(22)39-26)35(41(28)37)19-9-11-29-31(13-19)47-17-45-29/h1-14,27-28,35-36,39-40H,15-18H2/t27-,28-,35+,36-/m1/s1. The third kappa shape index (κ3) is 3.41. The number of rotatable bonds is 2. The van der Waals surface area contributed by atoms with E-state index < -0.39 is 24.2 Å². The monoisotopic (exact) mass is 636 g/mol. The van der Waals surface area contributed by atoms with Crippen molar-refractivity contribution < 1.29 is 28.5 Å². The van der Waals surface area contributed by atoms with Crippen molar-refractivity contribution in [1.82, 2.24) is 19.8 Å². The van der Waals surface area contributed by atoms with Gasteiger partial charge in [-0.25, -0.2) is 0 Å². The molecule has 48 heavy (non-hydrogen) atoms. The highest BCUT2D eigenvalue weighted by molar-refractivity contribution is 6.01. The minimum Gasteiger partial charge on any atom is -0.454 e. The van der Waals surface area contributed by atoms with Crippen molar-refractivity contribution in [1.29, 1.82) is 0 Å². The highest BCUT2D eigenvalue weighted by Gasteiger charge is 2.56. The van der Waals surface area contributed by atoms with Crippen LogP contribution < -0.4 is 18.9 Å². The van der Waals surface area contributed by atoms with Gasteiger partial charge >= 0.3 is 0 Å². The lowest BCUT2D eigenvalue weighted by molar-refractivity contribution is -0.167. The number of benzene rings is 4. The average Bonchev–Trinajstić information content (AvgIpc) is 3.92. The zero-order chi connectivity index (χ0) is 31.7. The van der Waals surface area contributed by atoms with Gasteiger partial charge in [0, 0.05) is 51.6 Å². The average molecular weight is 637 g/mol. The number of amides is 2. The molecular formula is C38H28N4O6. The number of piperazine rings is 1. The number of nitrogens with zero attached hydrogens (tertiary/aromatic N) is 2.